The van der Waals surface area contributed by atoms with Crippen molar-refractivity contribution in [1.29, 1.82) is 0 Å². The molecule has 12 heteroatoms. The normalized spacial score (nSPS) is 11.1. The number of hydrogen-bond acceptors (Lipinski definition) is 5. The molecule has 0 atom stereocenters. The molecule has 0 aromatic heterocycles. The third-order valence-corrected chi connectivity index (χ3v) is 6.69. The number of rotatable bonds is 8. The van der Waals surface area contributed by atoms with Crippen molar-refractivity contribution < 1.29 is 35.9 Å². The Balaban J connectivity index is 2.03. The molecule has 0 fully saturated rings. The highest BCUT2D eigenvalue weighted by Crippen LogP contribution is 2.33. The number of nitrogens with one attached hydrogen (secondary N) is 1. The van der Waals surface area contributed by atoms with E-state index in [1.165, 1.54) is 32.4 Å². The van der Waals surface area contributed by atoms with Gasteiger partial charge in [0.05, 0.1) is 35.5 Å². The Kier molecular flexibility index (Phi) is 7.57. The first kappa shape index (κ1) is 25.2. The number of amides is 1. The number of hydrogen-bond donors (Lipinski definition) is 1. The first-order valence-electron chi connectivity index (χ1n) is 9.51. The lowest BCUT2D eigenvalue weighted by atomic mass is 10.3. The molecular formula is C22H18ClF3N2O5S. The molecule has 0 heterocycles. The molecule has 0 unspecified atom stereocenters. The van der Waals surface area contributed by atoms with Crippen LogP contribution in [0.25, 0.3) is 0 Å². The van der Waals surface area contributed by atoms with Gasteiger partial charge in [-0.3, -0.25) is 9.10 Å². The van der Waals surface area contributed by atoms with Crippen LogP contribution in [0.3, 0.4) is 0 Å². The molecule has 3 aromatic rings. The van der Waals surface area contributed by atoms with Gasteiger partial charge < -0.3 is 14.8 Å². The van der Waals surface area contributed by atoms with Crippen LogP contribution in [-0.4, -0.2) is 35.1 Å². The Labute approximate surface area is 198 Å². The highest BCUT2D eigenvalue weighted by atomic mass is 35.5. The lowest BCUT2D eigenvalue weighted by molar-refractivity contribution is -0.114. The topological polar surface area (TPSA) is 84.9 Å². The van der Waals surface area contributed by atoms with E-state index in [4.69, 9.17) is 21.1 Å². The Bertz CT molecular complexity index is 1340. The Hall–Kier alpha value is -3.44. The van der Waals surface area contributed by atoms with Gasteiger partial charge in [-0.25, -0.2) is 21.6 Å². The van der Waals surface area contributed by atoms with E-state index in [1.54, 1.807) is 0 Å². The number of ether oxygens (including phenoxy) is 2. The lowest BCUT2D eigenvalue weighted by Crippen LogP contribution is -2.38. The maximum absolute atomic E-state index is 14.0. The number of methoxy groups -OCH3 is 2. The largest absolute Gasteiger partial charge is 0.493 e. The van der Waals surface area contributed by atoms with Crippen molar-refractivity contribution in [3.05, 3.63) is 77.1 Å². The molecule has 0 radical (unpaired) electrons. The summed E-state index contributed by atoms with van der Waals surface area (Å²) in [6.45, 7) is -0.838. The average molecular weight is 515 g/mol. The Morgan fingerprint density at radius 1 is 0.941 bits per heavy atom. The van der Waals surface area contributed by atoms with Crippen LogP contribution in [0, 0.1) is 17.5 Å². The Morgan fingerprint density at radius 2 is 1.65 bits per heavy atom. The van der Waals surface area contributed by atoms with Crippen molar-refractivity contribution in [1.82, 2.24) is 0 Å². The number of anilines is 2. The van der Waals surface area contributed by atoms with Crippen LogP contribution in [0.4, 0.5) is 24.5 Å². The third-order valence-electron chi connectivity index (χ3n) is 4.63. The predicted molar refractivity (Wildman–Crippen MR) is 120 cm³/mol. The quantitative estimate of drug-likeness (QED) is 0.474. The number of carbonyl (C=O) groups excluding carboxylic acids is 1. The van der Waals surface area contributed by atoms with Crippen LogP contribution in [0.15, 0.2) is 59.5 Å². The van der Waals surface area contributed by atoms with E-state index >= 15 is 0 Å². The van der Waals surface area contributed by atoms with E-state index in [9.17, 15) is 26.4 Å². The number of sulfonamides is 1. The summed E-state index contributed by atoms with van der Waals surface area (Å²) in [5.41, 5.74) is -0.483. The minimum atomic E-state index is -4.44. The molecule has 3 rings (SSSR count). The van der Waals surface area contributed by atoms with Gasteiger partial charge in [0.15, 0.2) is 11.5 Å². The fourth-order valence-corrected chi connectivity index (χ4v) is 4.57. The number of carbonyl (C=O) groups is 1. The van der Waals surface area contributed by atoms with Crippen LogP contribution in [0.5, 0.6) is 11.5 Å². The van der Waals surface area contributed by atoms with E-state index in [-0.39, 0.29) is 32.8 Å². The van der Waals surface area contributed by atoms with Gasteiger partial charge in [-0.15, -0.1) is 0 Å². The molecule has 0 saturated carbocycles. The average Bonchev–Trinajstić information content (AvgIpc) is 2.80. The molecular weight excluding hydrogens is 497 g/mol. The van der Waals surface area contributed by atoms with Gasteiger partial charge in [-0.1, -0.05) is 11.6 Å². The smallest absolute Gasteiger partial charge is 0.264 e. The van der Waals surface area contributed by atoms with Gasteiger partial charge in [0.1, 0.15) is 24.0 Å². The zero-order chi connectivity index (χ0) is 25.0. The van der Waals surface area contributed by atoms with Gasteiger partial charge in [-0.2, -0.15) is 0 Å². The molecule has 0 spiro atoms. The summed E-state index contributed by atoms with van der Waals surface area (Å²) in [5, 5.41) is 1.81. The predicted octanol–water partition coefficient (Wildman–Crippen LogP) is 4.61. The number of halogens is 4. The summed E-state index contributed by atoms with van der Waals surface area (Å²) >= 11 is 5.82. The molecule has 180 valence electrons. The zero-order valence-electron chi connectivity index (χ0n) is 17.8. The summed E-state index contributed by atoms with van der Waals surface area (Å²) in [5.74, 6) is -3.27. The molecule has 0 aliphatic heterocycles. The highest BCUT2D eigenvalue weighted by molar-refractivity contribution is 7.92. The van der Waals surface area contributed by atoms with Crippen molar-refractivity contribution in [2.45, 2.75) is 4.90 Å². The molecule has 34 heavy (non-hydrogen) atoms. The van der Waals surface area contributed by atoms with Crippen molar-refractivity contribution in [2.24, 2.45) is 0 Å². The summed E-state index contributed by atoms with van der Waals surface area (Å²) < 4.78 is 78.7. The fourth-order valence-electron chi connectivity index (χ4n) is 2.97. The van der Waals surface area contributed by atoms with Gasteiger partial charge in [0.2, 0.25) is 5.91 Å². The monoisotopic (exact) mass is 514 g/mol. The lowest BCUT2D eigenvalue weighted by Gasteiger charge is -2.25. The second-order valence-electron chi connectivity index (χ2n) is 6.80. The fraction of sp³-hybridized carbons (Fsp3) is 0.136. The second kappa shape index (κ2) is 10.2. The molecule has 1 amide bonds. The van der Waals surface area contributed by atoms with E-state index in [1.807, 2.05) is 0 Å². The second-order valence-corrected chi connectivity index (χ2v) is 9.07. The minimum Gasteiger partial charge on any atom is -0.493 e. The van der Waals surface area contributed by atoms with E-state index < -0.39 is 39.9 Å². The van der Waals surface area contributed by atoms with Crippen LogP contribution in [0.2, 0.25) is 5.02 Å². The summed E-state index contributed by atoms with van der Waals surface area (Å²) in [4.78, 5) is 12.4. The molecule has 0 saturated heterocycles. The SMILES string of the molecule is COc1ccc(S(=O)(=O)N(CC(=O)Nc2ccc(F)cc2F)c2ccc(F)c(Cl)c2)cc1OC. The van der Waals surface area contributed by atoms with Gasteiger partial charge >= 0.3 is 0 Å². The van der Waals surface area contributed by atoms with Crippen LogP contribution in [0.1, 0.15) is 0 Å². The first-order valence-corrected chi connectivity index (χ1v) is 11.3. The van der Waals surface area contributed by atoms with E-state index in [0.717, 1.165) is 30.3 Å². The summed E-state index contributed by atoms with van der Waals surface area (Å²) in [7, 11) is -1.75. The third kappa shape index (κ3) is 5.37. The molecule has 7 nitrogen and oxygen atoms in total. The minimum absolute atomic E-state index is 0.110. The molecule has 1 N–H and O–H groups in total. The first-order chi connectivity index (χ1) is 16.1. The van der Waals surface area contributed by atoms with Gasteiger partial charge in [0.25, 0.3) is 10.0 Å². The molecule has 0 bridgehead atoms. The summed E-state index contributed by atoms with van der Waals surface area (Å²) in [6.07, 6.45) is 0. The highest BCUT2D eigenvalue weighted by Gasteiger charge is 2.29. The van der Waals surface area contributed by atoms with Gasteiger partial charge in [-0.05, 0) is 42.5 Å². The number of nitrogens with zero attached hydrogens (tertiary/aromatic N) is 1. The van der Waals surface area contributed by atoms with Crippen LogP contribution >= 0.6 is 11.6 Å². The zero-order valence-corrected chi connectivity index (χ0v) is 19.4. The Morgan fingerprint density at radius 3 is 2.26 bits per heavy atom. The maximum atomic E-state index is 14.0. The maximum Gasteiger partial charge on any atom is 0.264 e. The standard InChI is InChI=1S/C22H18ClF3N2O5S/c1-32-20-8-5-15(11-21(20)33-2)34(30,31)28(14-4-6-17(25)16(23)10-14)12-22(29)27-19-7-3-13(24)9-18(19)26/h3-11H,12H2,1-2H3,(H,27,29). The van der Waals surface area contributed by atoms with Crippen LogP contribution in [-0.2, 0) is 14.8 Å². The van der Waals surface area contributed by atoms with Crippen molar-refractivity contribution in [2.75, 3.05) is 30.4 Å². The van der Waals surface area contributed by atoms with Crippen LogP contribution < -0.4 is 19.1 Å². The van der Waals surface area contributed by atoms with Crippen molar-refractivity contribution >= 4 is 38.9 Å². The van der Waals surface area contributed by atoms with Gasteiger partial charge in [0, 0.05) is 12.1 Å². The number of benzene rings is 3. The van der Waals surface area contributed by atoms with Crippen molar-refractivity contribution in [3.63, 3.8) is 0 Å². The molecule has 3 aromatic carbocycles. The van der Waals surface area contributed by atoms with Crippen molar-refractivity contribution in [3.8, 4) is 11.5 Å². The van der Waals surface area contributed by atoms with E-state index in [2.05, 4.69) is 5.32 Å². The van der Waals surface area contributed by atoms with E-state index in [0.29, 0.717) is 10.4 Å². The summed E-state index contributed by atoms with van der Waals surface area (Å²) in [6, 6.07) is 9.33. The molecule has 0 aliphatic rings. The molecule has 0 aliphatic carbocycles.